The van der Waals surface area contributed by atoms with Gasteiger partial charge in [0.2, 0.25) is 0 Å². The van der Waals surface area contributed by atoms with Gasteiger partial charge in [0, 0.05) is 24.8 Å². The molecule has 0 aliphatic heterocycles. The molecule has 1 amide bonds. The fourth-order valence-electron chi connectivity index (χ4n) is 3.91. The van der Waals surface area contributed by atoms with E-state index in [9.17, 15) is 14.4 Å². The summed E-state index contributed by atoms with van der Waals surface area (Å²) in [7, 11) is 0. The van der Waals surface area contributed by atoms with E-state index in [1.165, 1.54) is 24.4 Å². The number of rotatable bonds is 11. The van der Waals surface area contributed by atoms with Gasteiger partial charge in [-0.25, -0.2) is 19.3 Å². The molecule has 6 N–H and O–H groups in total. The van der Waals surface area contributed by atoms with Crippen molar-refractivity contribution in [2.24, 2.45) is 5.73 Å². The number of nitriles is 1. The van der Waals surface area contributed by atoms with Crippen LogP contribution in [0.3, 0.4) is 0 Å². The van der Waals surface area contributed by atoms with Crippen LogP contribution in [0.5, 0.6) is 0 Å². The minimum Gasteiger partial charge on any atom is -0.382 e. The lowest BCUT2D eigenvalue weighted by molar-refractivity contribution is 0.0954. The van der Waals surface area contributed by atoms with Crippen molar-refractivity contribution in [1.29, 1.82) is 5.26 Å². The van der Waals surface area contributed by atoms with E-state index in [4.69, 9.17) is 11.5 Å². The molecule has 0 saturated carbocycles. The number of nitrogens with zero attached hydrogens (tertiary/aromatic N) is 4. The second kappa shape index (κ2) is 13.1. The van der Waals surface area contributed by atoms with E-state index in [0.717, 1.165) is 34.5 Å². The predicted octanol–water partition coefficient (Wildman–Crippen LogP) is 3.61. The van der Waals surface area contributed by atoms with Crippen molar-refractivity contribution in [3.8, 4) is 17.3 Å². The number of hydrogen-bond donors (Lipinski definition) is 4. The molecule has 9 nitrogen and oxygen atoms in total. The third kappa shape index (κ3) is 7.34. The molecule has 0 fully saturated rings. The first-order chi connectivity index (χ1) is 19.0. The van der Waals surface area contributed by atoms with Gasteiger partial charge < -0.3 is 22.1 Å². The first kappa shape index (κ1) is 27.2. The Hall–Kier alpha value is -4.88. The molecule has 0 aliphatic rings. The molecule has 2 aromatic heterocycles. The number of halogens is 1. The predicted molar refractivity (Wildman–Crippen MR) is 148 cm³/mol. The first-order valence-electron chi connectivity index (χ1n) is 12.5. The molecule has 39 heavy (non-hydrogen) atoms. The van der Waals surface area contributed by atoms with Crippen molar-refractivity contribution in [3.05, 3.63) is 101 Å². The summed E-state index contributed by atoms with van der Waals surface area (Å²) in [5.74, 6) is 0.121. The molecule has 0 saturated heterocycles. The standard InChI is InChI=1S/C29H29FN8O/c30-23-9-5-19(6-10-23)11-13-34-29(39)24-14-21(15-32)17-37-28(24)36-16-20-3-7-22(8-4-20)26-18-35-27(33)25(38-26)2-1-12-31/h3-10,14,17-18H,1-2,11-13,16,31H2,(H2,33,35)(H,34,39)(H,36,37). The van der Waals surface area contributed by atoms with E-state index >= 15 is 0 Å². The highest BCUT2D eigenvalue weighted by atomic mass is 19.1. The molecule has 0 spiro atoms. The Labute approximate surface area is 226 Å². The van der Waals surface area contributed by atoms with Crippen molar-refractivity contribution < 1.29 is 9.18 Å². The zero-order valence-corrected chi connectivity index (χ0v) is 21.3. The summed E-state index contributed by atoms with van der Waals surface area (Å²) in [6.45, 7) is 1.31. The minimum atomic E-state index is -0.355. The smallest absolute Gasteiger partial charge is 0.255 e. The monoisotopic (exact) mass is 524 g/mol. The number of nitrogens with two attached hydrogens (primary N) is 2. The molecule has 198 valence electrons. The third-order valence-electron chi connectivity index (χ3n) is 6.08. The van der Waals surface area contributed by atoms with E-state index in [1.807, 2.05) is 30.3 Å². The maximum Gasteiger partial charge on any atom is 0.255 e. The average Bonchev–Trinajstić information content (AvgIpc) is 2.97. The summed E-state index contributed by atoms with van der Waals surface area (Å²) in [6.07, 6.45) is 5.06. The van der Waals surface area contributed by atoms with E-state index < -0.39 is 0 Å². The fourth-order valence-corrected chi connectivity index (χ4v) is 3.91. The van der Waals surface area contributed by atoms with Crippen molar-refractivity contribution in [2.45, 2.75) is 25.8 Å². The highest BCUT2D eigenvalue weighted by molar-refractivity contribution is 5.99. The number of nitrogens with one attached hydrogen (secondary N) is 2. The zero-order chi connectivity index (χ0) is 27.6. The van der Waals surface area contributed by atoms with Gasteiger partial charge in [-0.1, -0.05) is 36.4 Å². The molecular weight excluding hydrogens is 495 g/mol. The lowest BCUT2D eigenvalue weighted by atomic mass is 10.1. The van der Waals surface area contributed by atoms with Gasteiger partial charge in [0.25, 0.3) is 5.91 Å². The van der Waals surface area contributed by atoms with Crippen LogP contribution in [0.2, 0.25) is 0 Å². The second-order valence-electron chi connectivity index (χ2n) is 8.89. The lowest BCUT2D eigenvalue weighted by Gasteiger charge is -2.12. The molecule has 0 radical (unpaired) electrons. The number of amides is 1. The Morgan fingerprint density at radius 1 is 1.00 bits per heavy atom. The third-order valence-corrected chi connectivity index (χ3v) is 6.08. The second-order valence-corrected chi connectivity index (χ2v) is 8.89. The van der Waals surface area contributed by atoms with Gasteiger partial charge in [-0.3, -0.25) is 4.79 Å². The maximum atomic E-state index is 13.1. The quantitative estimate of drug-likeness (QED) is 0.232. The van der Waals surface area contributed by atoms with Gasteiger partial charge >= 0.3 is 0 Å². The van der Waals surface area contributed by atoms with Crippen LogP contribution in [-0.4, -0.2) is 33.9 Å². The molecular formula is C29H29FN8O. The number of aromatic nitrogens is 3. The Kier molecular flexibility index (Phi) is 9.11. The number of carbonyl (C=O) groups excluding carboxylic acids is 1. The molecule has 0 aliphatic carbocycles. The molecule has 0 unspecified atom stereocenters. The average molecular weight is 525 g/mol. The number of nitrogen functional groups attached to an aromatic ring is 1. The summed E-state index contributed by atoms with van der Waals surface area (Å²) < 4.78 is 13.1. The minimum absolute atomic E-state index is 0.270. The fraction of sp³-hybridized carbons (Fsp3) is 0.207. The SMILES string of the molecule is N#Cc1cnc(NCc2ccc(-c3cnc(N)c(CCCN)n3)cc2)c(C(=O)NCCc2ccc(F)cc2)c1. The van der Waals surface area contributed by atoms with E-state index in [1.54, 1.807) is 18.3 Å². The lowest BCUT2D eigenvalue weighted by Crippen LogP contribution is -2.27. The molecule has 2 aromatic carbocycles. The van der Waals surface area contributed by atoms with Crippen LogP contribution in [-0.2, 0) is 19.4 Å². The summed E-state index contributed by atoms with van der Waals surface area (Å²) in [5, 5.41) is 15.3. The van der Waals surface area contributed by atoms with Crippen LogP contribution in [0.1, 0.15) is 39.2 Å². The Balaban J connectivity index is 1.41. The van der Waals surface area contributed by atoms with Crippen LogP contribution >= 0.6 is 0 Å². The normalized spacial score (nSPS) is 10.6. The molecule has 0 bridgehead atoms. The van der Waals surface area contributed by atoms with Crippen molar-refractivity contribution in [1.82, 2.24) is 20.3 Å². The molecule has 4 aromatic rings. The number of pyridine rings is 1. The highest BCUT2D eigenvalue weighted by Crippen LogP contribution is 2.21. The molecule has 0 atom stereocenters. The Morgan fingerprint density at radius 3 is 2.46 bits per heavy atom. The van der Waals surface area contributed by atoms with E-state index in [2.05, 4.69) is 25.6 Å². The zero-order valence-electron chi connectivity index (χ0n) is 21.3. The summed E-state index contributed by atoms with van der Waals surface area (Å²) in [4.78, 5) is 26.1. The van der Waals surface area contributed by atoms with Gasteiger partial charge in [0.15, 0.2) is 0 Å². The maximum absolute atomic E-state index is 13.1. The number of carbonyl (C=O) groups is 1. The summed E-state index contributed by atoms with van der Waals surface area (Å²) in [6, 6.07) is 17.4. The van der Waals surface area contributed by atoms with Crippen molar-refractivity contribution in [2.75, 3.05) is 24.1 Å². The Bertz CT molecular complexity index is 1470. The van der Waals surface area contributed by atoms with Gasteiger partial charge in [-0.05, 0) is 55.1 Å². The first-order valence-corrected chi connectivity index (χ1v) is 12.5. The molecule has 10 heteroatoms. The topological polar surface area (TPSA) is 156 Å². The highest BCUT2D eigenvalue weighted by Gasteiger charge is 2.14. The van der Waals surface area contributed by atoms with Crippen molar-refractivity contribution >= 4 is 17.5 Å². The van der Waals surface area contributed by atoms with Gasteiger partial charge in [-0.2, -0.15) is 5.26 Å². The summed E-state index contributed by atoms with van der Waals surface area (Å²) in [5.41, 5.74) is 16.3. The number of anilines is 2. The van der Waals surface area contributed by atoms with Crippen molar-refractivity contribution in [3.63, 3.8) is 0 Å². The summed E-state index contributed by atoms with van der Waals surface area (Å²) >= 11 is 0. The Morgan fingerprint density at radius 2 is 1.74 bits per heavy atom. The van der Waals surface area contributed by atoms with Gasteiger partial charge in [0.05, 0.1) is 28.7 Å². The van der Waals surface area contributed by atoms with Crippen LogP contribution in [0.15, 0.2) is 67.0 Å². The molecule has 4 rings (SSSR count). The van der Waals surface area contributed by atoms with Gasteiger partial charge in [-0.15, -0.1) is 0 Å². The van der Waals surface area contributed by atoms with Crippen LogP contribution < -0.4 is 22.1 Å². The van der Waals surface area contributed by atoms with Gasteiger partial charge in [0.1, 0.15) is 23.5 Å². The van der Waals surface area contributed by atoms with E-state index in [0.29, 0.717) is 44.1 Å². The van der Waals surface area contributed by atoms with Crippen LogP contribution in [0.25, 0.3) is 11.3 Å². The number of hydrogen-bond acceptors (Lipinski definition) is 8. The van der Waals surface area contributed by atoms with E-state index in [-0.39, 0.29) is 22.9 Å². The number of aryl methyl sites for hydroxylation is 1. The number of benzene rings is 2. The largest absolute Gasteiger partial charge is 0.382 e. The van der Waals surface area contributed by atoms with Crippen LogP contribution in [0.4, 0.5) is 16.0 Å². The van der Waals surface area contributed by atoms with Crippen LogP contribution in [0, 0.1) is 17.1 Å². The molecule has 2 heterocycles.